The lowest BCUT2D eigenvalue weighted by atomic mass is 9.94. The predicted octanol–water partition coefficient (Wildman–Crippen LogP) is 5.40. The van der Waals surface area contributed by atoms with E-state index in [1.54, 1.807) is 0 Å². The number of carbonyl (C=O) groups is 1. The van der Waals surface area contributed by atoms with Crippen LogP contribution < -0.4 is 5.32 Å². The highest BCUT2D eigenvalue weighted by molar-refractivity contribution is 7.80. The number of rotatable bonds is 6. The number of thiocarbonyl (C=S) groups is 1. The zero-order valence-electron chi connectivity index (χ0n) is 14.6. The van der Waals surface area contributed by atoms with Gasteiger partial charge in [-0.15, -0.1) is 0 Å². The molecule has 0 aliphatic rings. The molecule has 0 heterocycles. The molecular formula is C22H21NO2S. The topological polar surface area (TPSA) is 49.3 Å². The number of nitrogens with one attached hydrogen (secondary N) is 1. The lowest BCUT2D eigenvalue weighted by Gasteiger charge is -2.17. The number of aliphatic hydroxyl groups excluding tert-OH is 1. The fourth-order valence-corrected chi connectivity index (χ4v) is 3.21. The quantitative estimate of drug-likeness (QED) is 0.577. The SMILES string of the molecule is CC(C(=O)Nc1ccccc1CCC(O)=S)c1cccc2ccccc12. The second-order valence-corrected chi connectivity index (χ2v) is 6.80. The van der Waals surface area contributed by atoms with Gasteiger partial charge in [0.25, 0.3) is 0 Å². The summed E-state index contributed by atoms with van der Waals surface area (Å²) in [6, 6.07) is 21.7. The predicted molar refractivity (Wildman–Crippen MR) is 111 cm³/mol. The van der Waals surface area contributed by atoms with Crippen molar-refractivity contribution in [3.05, 3.63) is 77.9 Å². The van der Waals surface area contributed by atoms with Crippen molar-refractivity contribution in [2.45, 2.75) is 25.7 Å². The average Bonchev–Trinajstić information content (AvgIpc) is 2.66. The van der Waals surface area contributed by atoms with Crippen molar-refractivity contribution in [2.75, 3.05) is 5.32 Å². The van der Waals surface area contributed by atoms with Crippen molar-refractivity contribution < 1.29 is 9.90 Å². The molecule has 4 heteroatoms. The third-order valence-corrected chi connectivity index (χ3v) is 4.77. The lowest BCUT2D eigenvalue weighted by Crippen LogP contribution is -2.20. The third-order valence-electron chi connectivity index (χ3n) is 4.57. The summed E-state index contributed by atoms with van der Waals surface area (Å²) in [7, 11) is 0. The van der Waals surface area contributed by atoms with E-state index < -0.39 is 0 Å². The molecule has 3 nitrogen and oxygen atoms in total. The Morgan fingerprint density at radius 3 is 2.54 bits per heavy atom. The molecule has 0 bridgehead atoms. The Morgan fingerprint density at radius 2 is 1.73 bits per heavy atom. The highest BCUT2D eigenvalue weighted by Gasteiger charge is 2.18. The van der Waals surface area contributed by atoms with Crippen LogP contribution in [0.3, 0.4) is 0 Å². The molecule has 0 radical (unpaired) electrons. The minimum Gasteiger partial charge on any atom is -0.502 e. The van der Waals surface area contributed by atoms with Crippen LogP contribution >= 0.6 is 12.2 Å². The minimum absolute atomic E-state index is 0.0183. The second-order valence-electron chi connectivity index (χ2n) is 6.33. The summed E-state index contributed by atoms with van der Waals surface area (Å²) in [6.07, 6.45) is 0.996. The van der Waals surface area contributed by atoms with Crippen molar-refractivity contribution in [2.24, 2.45) is 0 Å². The average molecular weight is 363 g/mol. The Bertz CT molecular complexity index is 946. The van der Waals surface area contributed by atoms with Crippen LogP contribution in [0.4, 0.5) is 5.69 Å². The molecule has 0 spiro atoms. The molecular weight excluding hydrogens is 342 g/mol. The van der Waals surface area contributed by atoms with Crippen molar-refractivity contribution >= 4 is 39.6 Å². The van der Waals surface area contributed by atoms with Crippen LogP contribution in [0.25, 0.3) is 10.8 Å². The number of amides is 1. The molecule has 0 fully saturated rings. The summed E-state index contributed by atoms with van der Waals surface area (Å²) in [6.45, 7) is 1.92. The van der Waals surface area contributed by atoms with E-state index in [1.807, 2.05) is 61.5 Å². The normalized spacial score (nSPS) is 11.9. The van der Waals surface area contributed by atoms with E-state index in [0.717, 1.165) is 27.6 Å². The summed E-state index contributed by atoms with van der Waals surface area (Å²) in [4.78, 5) is 12.9. The summed E-state index contributed by atoms with van der Waals surface area (Å²) in [5.41, 5.74) is 2.73. The van der Waals surface area contributed by atoms with E-state index in [-0.39, 0.29) is 16.9 Å². The first-order chi connectivity index (χ1) is 12.6. The molecule has 0 aliphatic heterocycles. The molecule has 26 heavy (non-hydrogen) atoms. The number of carbonyl (C=O) groups excluding carboxylic acids is 1. The molecule has 0 saturated carbocycles. The Morgan fingerprint density at radius 1 is 1.04 bits per heavy atom. The summed E-state index contributed by atoms with van der Waals surface area (Å²) < 4.78 is 0. The molecule has 3 aromatic rings. The summed E-state index contributed by atoms with van der Waals surface area (Å²) >= 11 is 4.74. The van der Waals surface area contributed by atoms with Gasteiger partial charge in [0.05, 0.1) is 5.92 Å². The largest absolute Gasteiger partial charge is 0.502 e. The molecule has 1 amide bonds. The Hall–Kier alpha value is -2.72. The van der Waals surface area contributed by atoms with Crippen molar-refractivity contribution in [3.63, 3.8) is 0 Å². The minimum atomic E-state index is -0.284. The van der Waals surface area contributed by atoms with Gasteiger partial charge in [-0.25, -0.2) is 0 Å². The van der Waals surface area contributed by atoms with E-state index in [4.69, 9.17) is 12.2 Å². The smallest absolute Gasteiger partial charge is 0.231 e. The molecule has 1 unspecified atom stereocenters. The number of aliphatic hydroxyl groups is 1. The van der Waals surface area contributed by atoms with Crippen LogP contribution in [0, 0.1) is 0 Å². The summed E-state index contributed by atoms with van der Waals surface area (Å²) in [5, 5.41) is 14.5. The molecule has 132 valence electrons. The highest BCUT2D eigenvalue weighted by Crippen LogP contribution is 2.27. The molecule has 0 aromatic heterocycles. The maximum Gasteiger partial charge on any atom is 0.231 e. The van der Waals surface area contributed by atoms with E-state index in [2.05, 4.69) is 17.4 Å². The number of hydrogen-bond acceptors (Lipinski definition) is 2. The van der Waals surface area contributed by atoms with Gasteiger partial charge in [-0.05, 0) is 53.5 Å². The van der Waals surface area contributed by atoms with Gasteiger partial charge in [-0.1, -0.05) is 60.7 Å². The van der Waals surface area contributed by atoms with Gasteiger partial charge < -0.3 is 10.4 Å². The van der Waals surface area contributed by atoms with E-state index in [0.29, 0.717) is 12.8 Å². The van der Waals surface area contributed by atoms with Crippen LogP contribution in [-0.4, -0.2) is 16.1 Å². The van der Waals surface area contributed by atoms with Crippen LogP contribution in [0.1, 0.15) is 30.4 Å². The van der Waals surface area contributed by atoms with Gasteiger partial charge >= 0.3 is 0 Å². The van der Waals surface area contributed by atoms with Gasteiger partial charge in [0.1, 0.15) is 0 Å². The van der Waals surface area contributed by atoms with Gasteiger partial charge in [0.15, 0.2) is 5.05 Å². The number of hydrogen-bond donors (Lipinski definition) is 2. The fourth-order valence-electron chi connectivity index (χ4n) is 3.11. The van der Waals surface area contributed by atoms with Gasteiger partial charge in [0, 0.05) is 12.1 Å². The van der Waals surface area contributed by atoms with Crippen LogP contribution in [0.15, 0.2) is 66.7 Å². The Labute approximate surface area is 158 Å². The fraction of sp³-hybridized carbons (Fsp3) is 0.182. The van der Waals surface area contributed by atoms with Gasteiger partial charge in [0.2, 0.25) is 5.91 Å². The van der Waals surface area contributed by atoms with E-state index in [9.17, 15) is 9.90 Å². The van der Waals surface area contributed by atoms with Gasteiger partial charge in [-0.3, -0.25) is 4.79 Å². The zero-order chi connectivity index (χ0) is 18.5. The molecule has 0 saturated heterocycles. The van der Waals surface area contributed by atoms with E-state index >= 15 is 0 Å². The number of anilines is 1. The molecule has 3 aromatic carbocycles. The van der Waals surface area contributed by atoms with Crippen LogP contribution in [0.5, 0.6) is 0 Å². The first-order valence-electron chi connectivity index (χ1n) is 8.64. The Kier molecular flexibility index (Phi) is 5.64. The van der Waals surface area contributed by atoms with Crippen molar-refractivity contribution in [3.8, 4) is 0 Å². The first-order valence-corrected chi connectivity index (χ1v) is 9.05. The third kappa shape index (κ3) is 4.09. The van der Waals surface area contributed by atoms with Crippen LogP contribution in [0.2, 0.25) is 0 Å². The maximum atomic E-state index is 12.9. The molecule has 1 atom stereocenters. The monoisotopic (exact) mass is 363 g/mol. The zero-order valence-corrected chi connectivity index (χ0v) is 15.4. The lowest BCUT2D eigenvalue weighted by molar-refractivity contribution is -0.117. The highest BCUT2D eigenvalue weighted by atomic mass is 32.1. The first kappa shape index (κ1) is 18.1. The van der Waals surface area contributed by atoms with E-state index in [1.165, 1.54) is 0 Å². The van der Waals surface area contributed by atoms with Gasteiger partial charge in [-0.2, -0.15) is 0 Å². The standard InChI is InChI=1S/C22H21NO2S/c1-15(18-11-6-9-16-7-2-4-10-19(16)18)22(25)23-20-12-5-3-8-17(20)13-14-21(24)26/h2-12,15H,13-14H2,1H3,(H,23,25)(H,24,26). The molecule has 3 rings (SSSR count). The van der Waals surface area contributed by atoms with Crippen molar-refractivity contribution in [1.82, 2.24) is 0 Å². The number of aryl methyl sites for hydroxylation is 1. The summed E-state index contributed by atoms with van der Waals surface area (Å²) in [5.74, 6) is -0.339. The second kappa shape index (κ2) is 8.11. The Balaban J connectivity index is 1.83. The van der Waals surface area contributed by atoms with Crippen molar-refractivity contribution in [1.29, 1.82) is 0 Å². The molecule has 2 N–H and O–H groups in total. The maximum absolute atomic E-state index is 12.9. The van der Waals surface area contributed by atoms with Crippen LogP contribution in [-0.2, 0) is 11.2 Å². The molecule has 0 aliphatic carbocycles. The number of benzene rings is 3. The number of para-hydroxylation sites is 1. The number of fused-ring (bicyclic) bond motifs is 1.